The van der Waals surface area contributed by atoms with Crippen molar-refractivity contribution in [2.45, 2.75) is 11.5 Å². The second kappa shape index (κ2) is 11.2. The molecule has 4 aromatic rings. The Bertz CT molecular complexity index is 1480. The second-order valence-electron chi connectivity index (χ2n) is 7.84. The lowest BCUT2D eigenvalue weighted by atomic mass is 10.1. The first-order chi connectivity index (χ1) is 17.4. The topological polar surface area (TPSA) is 69.7 Å². The molecule has 5 nitrogen and oxygen atoms in total. The average molecular weight is 519 g/mol. The summed E-state index contributed by atoms with van der Waals surface area (Å²) in [4.78, 5) is 13.1. The van der Waals surface area contributed by atoms with Crippen molar-refractivity contribution >= 4 is 33.3 Å². The number of benzene rings is 4. The van der Waals surface area contributed by atoms with E-state index in [1.807, 2.05) is 30.3 Å². The number of sulfone groups is 1. The molecule has 0 amide bonds. The van der Waals surface area contributed by atoms with Gasteiger partial charge in [-0.3, -0.25) is 4.79 Å². The van der Waals surface area contributed by atoms with E-state index in [1.54, 1.807) is 36.4 Å². The van der Waals surface area contributed by atoms with Crippen LogP contribution in [0.5, 0.6) is 11.5 Å². The van der Waals surface area contributed by atoms with Crippen LogP contribution >= 0.6 is 11.6 Å². The molecule has 36 heavy (non-hydrogen) atoms. The van der Waals surface area contributed by atoms with Gasteiger partial charge in [0, 0.05) is 16.1 Å². The van der Waals surface area contributed by atoms with Crippen molar-refractivity contribution in [1.29, 1.82) is 0 Å². The van der Waals surface area contributed by atoms with Gasteiger partial charge in [0.2, 0.25) is 15.6 Å². The number of ether oxygens (including phenoxy) is 2. The van der Waals surface area contributed by atoms with E-state index >= 15 is 0 Å². The van der Waals surface area contributed by atoms with Crippen molar-refractivity contribution in [2.24, 2.45) is 0 Å². The number of allylic oxidation sites excluding steroid dienone is 1. The lowest BCUT2D eigenvalue weighted by Crippen LogP contribution is -2.14. The number of halogens is 1. The molecule has 0 saturated heterocycles. The van der Waals surface area contributed by atoms with Gasteiger partial charge in [-0.05, 0) is 66.2 Å². The maximum absolute atomic E-state index is 13.7. The first-order valence-corrected chi connectivity index (χ1v) is 12.9. The van der Waals surface area contributed by atoms with Gasteiger partial charge < -0.3 is 9.47 Å². The minimum Gasteiger partial charge on any atom is -0.497 e. The Balaban J connectivity index is 1.79. The number of carbonyl (C=O) groups is 1. The Hall–Kier alpha value is -3.87. The Labute approximate surface area is 215 Å². The predicted octanol–water partition coefficient (Wildman–Crippen LogP) is 6.63. The van der Waals surface area contributed by atoms with Crippen LogP contribution in [0.1, 0.15) is 21.5 Å². The zero-order valence-electron chi connectivity index (χ0n) is 19.4. The molecule has 0 bridgehead atoms. The summed E-state index contributed by atoms with van der Waals surface area (Å²) in [6.45, 7) is 0.289. The molecule has 4 rings (SSSR count). The van der Waals surface area contributed by atoms with Crippen LogP contribution in [0.15, 0.2) is 113 Å². The molecule has 0 aliphatic rings. The van der Waals surface area contributed by atoms with Gasteiger partial charge in [-0.2, -0.15) is 0 Å². The normalized spacial score (nSPS) is 11.7. The summed E-state index contributed by atoms with van der Waals surface area (Å²) in [7, 11) is -2.71. The molecule has 0 radical (unpaired) electrons. The molecule has 0 aliphatic carbocycles. The van der Waals surface area contributed by atoms with Crippen LogP contribution in [0, 0.1) is 0 Å². The second-order valence-corrected chi connectivity index (χ2v) is 10.2. The van der Waals surface area contributed by atoms with E-state index in [2.05, 4.69) is 0 Å². The van der Waals surface area contributed by atoms with E-state index in [9.17, 15) is 13.2 Å². The molecule has 0 N–H and O–H groups in total. The van der Waals surface area contributed by atoms with Crippen LogP contribution in [0.4, 0.5) is 0 Å². The van der Waals surface area contributed by atoms with Crippen molar-refractivity contribution in [2.75, 3.05) is 7.11 Å². The summed E-state index contributed by atoms with van der Waals surface area (Å²) in [6.07, 6.45) is 1.36. The molecule has 4 aromatic carbocycles. The van der Waals surface area contributed by atoms with Gasteiger partial charge in [0.15, 0.2) is 0 Å². The van der Waals surface area contributed by atoms with E-state index in [4.69, 9.17) is 21.1 Å². The van der Waals surface area contributed by atoms with Crippen molar-refractivity contribution < 1.29 is 22.7 Å². The first-order valence-electron chi connectivity index (χ1n) is 11.1. The van der Waals surface area contributed by atoms with Crippen LogP contribution in [0.3, 0.4) is 0 Å². The Morgan fingerprint density at radius 2 is 1.47 bits per heavy atom. The van der Waals surface area contributed by atoms with Crippen molar-refractivity contribution in [3.8, 4) is 11.5 Å². The van der Waals surface area contributed by atoms with Gasteiger partial charge >= 0.3 is 0 Å². The number of methoxy groups -OCH3 is 1. The minimum absolute atomic E-state index is 0.0282. The van der Waals surface area contributed by atoms with Crippen LogP contribution < -0.4 is 9.47 Å². The smallest absolute Gasteiger partial charge is 0.210 e. The van der Waals surface area contributed by atoms with E-state index in [0.717, 1.165) is 5.56 Å². The molecule has 0 atom stereocenters. The highest BCUT2D eigenvalue weighted by Gasteiger charge is 2.28. The zero-order chi connectivity index (χ0) is 25.5. The number of hydrogen-bond acceptors (Lipinski definition) is 5. The Morgan fingerprint density at radius 1 is 0.833 bits per heavy atom. The Kier molecular flexibility index (Phi) is 7.88. The molecule has 7 heteroatoms. The quantitative estimate of drug-likeness (QED) is 0.184. The van der Waals surface area contributed by atoms with Gasteiger partial charge in [0.1, 0.15) is 23.0 Å². The average Bonchev–Trinajstić information content (AvgIpc) is 2.91. The van der Waals surface area contributed by atoms with Gasteiger partial charge in [-0.15, -0.1) is 0 Å². The number of para-hydroxylation sites is 1. The van der Waals surface area contributed by atoms with Crippen LogP contribution in [0.2, 0.25) is 5.02 Å². The van der Waals surface area contributed by atoms with E-state index in [0.29, 0.717) is 22.1 Å². The lowest BCUT2D eigenvalue weighted by Gasteiger charge is -2.13. The summed E-state index contributed by atoms with van der Waals surface area (Å²) in [5, 5.41) is 0.440. The van der Waals surface area contributed by atoms with Crippen molar-refractivity contribution in [1.82, 2.24) is 0 Å². The first kappa shape index (κ1) is 25.2. The molecular weight excluding hydrogens is 496 g/mol. The van der Waals surface area contributed by atoms with Crippen molar-refractivity contribution in [3.05, 3.63) is 130 Å². The Morgan fingerprint density at radius 3 is 2.14 bits per heavy atom. The number of carbonyl (C=O) groups excluding carboxylic acids is 1. The minimum atomic E-state index is -4.20. The molecule has 0 saturated carbocycles. The summed E-state index contributed by atoms with van der Waals surface area (Å²) in [5.74, 6) is 0.302. The van der Waals surface area contributed by atoms with Crippen LogP contribution in [-0.2, 0) is 16.4 Å². The maximum atomic E-state index is 13.7. The summed E-state index contributed by atoms with van der Waals surface area (Å²) < 4.78 is 38.6. The molecule has 182 valence electrons. The monoisotopic (exact) mass is 518 g/mol. The van der Waals surface area contributed by atoms with Gasteiger partial charge in [0.25, 0.3) is 0 Å². The van der Waals surface area contributed by atoms with E-state index < -0.39 is 15.6 Å². The molecule has 0 aromatic heterocycles. The molecule has 0 unspecified atom stereocenters. The summed E-state index contributed by atoms with van der Waals surface area (Å²) in [6, 6.07) is 28.6. The number of Topliss-reactive ketones (excluding diaryl/α,β-unsaturated/α-hetero) is 1. The molecule has 0 fully saturated rings. The third kappa shape index (κ3) is 5.85. The molecule has 0 spiro atoms. The maximum Gasteiger partial charge on any atom is 0.210 e. The lowest BCUT2D eigenvalue weighted by molar-refractivity contribution is 0.104. The van der Waals surface area contributed by atoms with E-state index in [-0.39, 0.29) is 22.0 Å². The fourth-order valence-corrected chi connectivity index (χ4v) is 5.02. The van der Waals surface area contributed by atoms with Crippen molar-refractivity contribution in [3.63, 3.8) is 0 Å². The highest BCUT2D eigenvalue weighted by molar-refractivity contribution is 7.96. The number of rotatable bonds is 9. The third-order valence-electron chi connectivity index (χ3n) is 5.43. The number of hydrogen-bond donors (Lipinski definition) is 0. The van der Waals surface area contributed by atoms with Crippen LogP contribution in [-0.4, -0.2) is 21.3 Å². The van der Waals surface area contributed by atoms with E-state index in [1.165, 1.54) is 49.6 Å². The fourth-order valence-electron chi connectivity index (χ4n) is 3.50. The standard InChI is InChI=1S/C29H23ClO5S/c1-34-25-15-17-26(18-16-25)36(32,33)28(29(31)22-11-13-24(30)14-12-22)19-23-9-5-6-10-27(23)35-20-21-7-3-2-4-8-21/h2-19H,20H2,1H3/b28-19+. The van der Waals surface area contributed by atoms with Gasteiger partial charge in [-0.1, -0.05) is 60.1 Å². The van der Waals surface area contributed by atoms with Gasteiger partial charge in [0.05, 0.1) is 12.0 Å². The highest BCUT2D eigenvalue weighted by Crippen LogP contribution is 2.30. The molecular formula is C29H23ClO5S. The fraction of sp³-hybridized carbons (Fsp3) is 0.0690. The summed E-state index contributed by atoms with van der Waals surface area (Å²) >= 11 is 5.97. The molecule has 0 heterocycles. The predicted molar refractivity (Wildman–Crippen MR) is 141 cm³/mol. The molecule has 0 aliphatic heterocycles. The van der Waals surface area contributed by atoms with Gasteiger partial charge in [-0.25, -0.2) is 8.42 Å². The number of ketones is 1. The van der Waals surface area contributed by atoms with Crippen LogP contribution in [0.25, 0.3) is 6.08 Å². The SMILES string of the molecule is COc1ccc(S(=O)(=O)/C(=C/c2ccccc2OCc2ccccc2)C(=O)c2ccc(Cl)cc2)cc1. The zero-order valence-corrected chi connectivity index (χ0v) is 21.0. The summed E-state index contributed by atoms with van der Waals surface area (Å²) in [5.41, 5.74) is 1.62. The third-order valence-corrected chi connectivity index (χ3v) is 7.46. The largest absolute Gasteiger partial charge is 0.497 e. The highest BCUT2D eigenvalue weighted by atomic mass is 35.5.